The van der Waals surface area contributed by atoms with Crippen LogP contribution in [0.1, 0.15) is 38.5 Å². The van der Waals surface area contributed by atoms with E-state index >= 15 is 0 Å². The van der Waals surface area contributed by atoms with Gasteiger partial charge in [0.1, 0.15) is 0 Å². The first-order valence-electron chi connectivity index (χ1n) is 7.33. The van der Waals surface area contributed by atoms with Crippen LogP contribution in [0.5, 0.6) is 0 Å². The number of rotatable bonds is 4. The van der Waals surface area contributed by atoms with Gasteiger partial charge in [-0.25, -0.2) is 0 Å². The van der Waals surface area contributed by atoms with Crippen molar-refractivity contribution >= 4 is 17.7 Å². The fraction of sp³-hybridized carbons (Fsp3) is 0.929. The highest BCUT2D eigenvalue weighted by molar-refractivity contribution is 7.99. The predicted octanol–water partition coefficient (Wildman–Crippen LogP) is 1.53. The maximum atomic E-state index is 12.6. The minimum absolute atomic E-state index is 0.157. The Morgan fingerprint density at radius 3 is 2.68 bits per heavy atom. The number of carbonyl (C=O) groups excluding carboxylic acids is 1. The largest absolute Gasteiger partial charge is 0.381 e. The lowest BCUT2D eigenvalue weighted by molar-refractivity contribution is -0.136. The zero-order valence-electron chi connectivity index (χ0n) is 11.8. The molecule has 0 bridgehead atoms. The van der Waals surface area contributed by atoms with Crippen molar-refractivity contribution < 1.29 is 9.53 Å². The zero-order valence-corrected chi connectivity index (χ0v) is 12.6. The Labute approximate surface area is 120 Å². The van der Waals surface area contributed by atoms with Gasteiger partial charge in [0.25, 0.3) is 0 Å². The molecule has 5 heteroatoms. The molecule has 19 heavy (non-hydrogen) atoms. The van der Waals surface area contributed by atoms with E-state index in [0.717, 1.165) is 19.3 Å². The van der Waals surface area contributed by atoms with Crippen molar-refractivity contribution in [3.8, 4) is 0 Å². The van der Waals surface area contributed by atoms with Crippen LogP contribution in [0.2, 0.25) is 0 Å². The molecule has 2 rings (SSSR count). The first-order chi connectivity index (χ1) is 9.22. The first kappa shape index (κ1) is 15.1. The SMILES string of the molecule is CSC1CCCCC1NC(=O)C1(CN)CCOCC1. The van der Waals surface area contributed by atoms with Gasteiger partial charge in [0, 0.05) is 31.1 Å². The van der Waals surface area contributed by atoms with E-state index in [0.29, 0.717) is 31.1 Å². The van der Waals surface area contributed by atoms with E-state index in [9.17, 15) is 4.79 Å². The molecule has 0 radical (unpaired) electrons. The van der Waals surface area contributed by atoms with Gasteiger partial charge in [-0.2, -0.15) is 11.8 Å². The molecule has 2 atom stereocenters. The molecule has 1 saturated carbocycles. The van der Waals surface area contributed by atoms with Crippen LogP contribution >= 0.6 is 11.8 Å². The van der Waals surface area contributed by atoms with Crippen molar-refractivity contribution in [2.75, 3.05) is 26.0 Å². The van der Waals surface area contributed by atoms with E-state index < -0.39 is 5.41 Å². The predicted molar refractivity (Wildman–Crippen MR) is 79.2 cm³/mol. The van der Waals surface area contributed by atoms with Gasteiger partial charge in [-0.05, 0) is 31.9 Å². The topological polar surface area (TPSA) is 64.4 Å². The second-order valence-corrected chi connectivity index (χ2v) is 6.81. The number of nitrogens with one attached hydrogen (secondary N) is 1. The number of thioether (sulfide) groups is 1. The molecule has 0 aromatic heterocycles. The van der Waals surface area contributed by atoms with Gasteiger partial charge < -0.3 is 15.8 Å². The summed E-state index contributed by atoms with van der Waals surface area (Å²) in [7, 11) is 0. The Morgan fingerprint density at radius 1 is 1.37 bits per heavy atom. The van der Waals surface area contributed by atoms with Crippen LogP contribution in [-0.2, 0) is 9.53 Å². The molecule has 0 spiro atoms. The molecule has 1 aliphatic carbocycles. The first-order valence-corrected chi connectivity index (χ1v) is 8.62. The van der Waals surface area contributed by atoms with E-state index in [-0.39, 0.29) is 5.91 Å². The normalized spacial score (nSPS) is 30.8. The van der Waals surface area contributed by atoms with Crippen molar-refractivity contribution in [1.82, 2.24) is 5.32 Å². The number of ether oxygens (including phenoxy) is 1. The third-order valence-corrected chi connectivity index (χ3v) is 5.81. The van der Waals surface area contributed by atoms with E-state index in [2.05, 4.69) is 11.6 Å². The van der Waals surface area contributed by atoms with Gasteiger partial charge in [-0.1, -0.05) is 12.8 Å². The van der Waals surface area contributed by atoms with Crippen LogP contribution in [0, 0.1) is 5.41 Å². The van der Waals surface area contributed by atoms with Crippen molar-refractivity contribution in [2.24, 2.45) is 11.1 Å². The monoisotopic (exact) mass is 286 g/mol. The molecule has 2 aliphatic rings. The minimum Gasteiger partial charge on any atom is -0.381 e. The van der Waals surface area contributed by atoms with Crippen LogP contribution in [0.15, 0.2) is 0 Å². The Balaban J connectivity index is 1.98. The minimum atomic E-state index is -0.390. The van der Waals surface area contributed by atoms with Gasteiger partial charge in [-0.15, -0.1) is 0 Å². The Hall–Kier alpha value is -0.260. The Kier molecular flexibility index (Phi) is 5.54. The molecule has 0 aromatic rings. The summed E-state index contributed by atoms with van der Waals surface area (Å²) in [5.41, 5.74) is 5.50. The standard InChI is InChI=1S/C14H26N2O2S/c1-19-12-5-3-2-4-11(12)16-13(17)14(10-15)6-8-18-9-7-14/h11-12H,2-10,15H2,1H3,(H,16,17). The number of amides is 1. The average Bonchev–Trinajstić information content (AvgIpc) is 2.48. The summed E-state index contributed by atoms with van der Waals surface area (Å²) in [6.45, 7) is 1.74. The summed E-state index contributed by atoms with van der Waals surface area (Å²) in [6.07, 6.45) is 8.48. The van der Waals surface area contributed by atoms with Crippen molar-refractivity contribution in [2.45, 2.75) is 49.8 Å². The quantitative estimate of drug-likeness (QED) is 0.822. The van der Waals surface area contributed by atoms with Crippen molar-refractivity contribution in [3.63, 3.8) is 0 Å². The molecule has 4 nitrogen and oxygen atoms in total. The van der Waals surface area contributed by atoms with Crippen LogP contribution < -0.4 is 11.1 Å². The highest BCUT2D eigenvalue weighted by atomic mass is 32.2. The van der Waals surface area contributed by atoms with Crippen molar-refractivity contribution in [3.05, 3.63) is 0 Å². The van der Waals surface area contributed by atoms with E-state index in [1.165, 1.54) is 19.3 Å². The third kappa shape index (κ3) is 3.44. The van der Waals surface area contributed by atoms with Gasteiger partial charge in [0.2, 0.25) is 5.91 Å². The second-order valence-electron chi connectivity index (χ2n) is 5.74. The van der Waals surface area contributed by atoms with E-state index in [4.69, 9.17) is 10.5 Å². The van der Waals surface area contributed by atoms with Gasteiger partial charge >= 0.3 is 0 Å². The maximum Gasteiger partial charge on any atom is 0.227 e. The maximum absolute atomic E-state index is 12.6. The summed E-state index contributed by atoms with van der Waals surface area (Å²) in [4.78, 5) is 12.6. The highest BCUT2D eigenvalue weighted by Crippen LogP contribution is 2.32. The van der Waals surface area contributed by atoms with Crippen molar-refractivity contribution in [1.29, 1.82) is 0 Å². The summed E-state index contributed by atoms with van der Waals surface area (Å²) >= 11 is 1.88. The summed E-state index contributed by atoms with van der Waals surface area (Å²) in [6, 6.07) is 0.322. The molecule has 110 valence electrons. The van der Waals surface area contributed by atoms with E-state index in [1.807, 2.05) is 11.8 Å². The lowest BCUT2D eigenvalue weighted by Gasteiger charge is -2.38. The number of nitrogens with two attached hydrogens (primary N) is 1. The van der Waals surface area contributed by atoms with Gasteiger partial charge in [0.15, 0.2) is 0 Å². The fourth-order valence-corrected chi connectivity index (χ4v) is 4.09. The molecule has 2 unspecified atom stereocenters. The summed E-state index contributed by atoms with van der Waals surface area (Å²) < 4.78 is 5.37. The molecule has 1 amide bonds. The molecule has 1 aliphatic heterocycles. The number of carbonyl (C=O) groups is 1. The van der Waals surface area contributed by atoms with Crippen LogP contribution in [-0.4, -0.2) is 43.2 Å². The highest BCUT2D eigenvalue weighted by Gasteiger charge is 2.40. The van der Waals surface area contributed by atoms with E-state index in [1.54, 1.807) is 0 Å². The fourth-order valence-electron chi connectivity index (χ4n) is 3.15. The number of hydrogen-bond donors (Lipinski definition) is 2. The van der Waals surface area contributed by atoms with Crippen LogP contribution in [0.3, 0.4) is 0 Å². The van der Waals surface area contributed by atoms with Crippen LogP contribution in [0.25, 0.3) is 0 Å². The summed E-state index contributed by atoms with van der Waals surface area (Å²) in [5, 5.41) is 3.85. The zero-order chi connectivity index (χ0) is 13.7. The average molecular weight is 286 g/mol. The molecular formula is C14H26N2O2S. The molecule has 2 fully saturated rings. The second kappa shape index (κ2) is 6.95. The Bertz CT molecular complexity index is 306. The summed E-state index contributed by atoms with van der Waals surface area (Å²) in [5.74, 6) is 0.157. The smallest absolute Gasteiger partial charge is 0.227 e. The third-order valence-electron chi connectivity index (χ3n) is 4.64. The molecule has 1 heterocycles. The Morgan fingerprint density at radius 2 is 2.05 bits per heavy atom. The molecule has 0 aromatic carbocycles. The molecule has 3 N–H and O–H groups in total. The van der Waals surface area contributed by atoms with Crippen LogP contribution in [0.4, 0.5) is 0 Å². The molecule has 1 saturated heterocycles. The number of hydrogen-bond acceptors (Lipinski definition) is 4. The van der Waals surface area contributed by atoms with Gasteiger partial charge in [-0.3, -0.25) is 4.79 Å². The van der Waals surface area contributed by atoms with Gasteiger partial charge in [0.05, 0.1) is 5.41 Å². The molecular weight excluding hydrogens is 260 g/mol. The lowest BCUT2D eigenvalue weighted by Crippen LogP contribution is -2.54. The lowest BCUT2D eigenvalue weighted by atomic mass is 9.79.